The average molecular weight is 493 g/mol. The minimum absolute atomic E-state index is 0.0814. The van der Waals surface area contributed by atoms with Crippen LogP contribution in [0.5, 0.6) is 0 Å². The summed E-state index contributed by atoms with van der Waals surface area (Å²) < 4.78 is 36.0. The molecule has 2 aliphatic rings. The van der Waals surface area contributed by atoms with Gasteiger partial charge in [0.15, 0.2) is 0 Å². The molecule has 0 amide bonds. The van der Waals surface area contributed by atoms with Gasteiger partial charge in [-0.1, -0.05) is 24.4 Å². The summed E-state index contributed by atoms with van der Waals surface area (Å²) >= 11 is 6.32. The summed E-state index contributed by atoms with van der Waals surface area (Å²) in [7, 11) is -3.21. The van der Waals surface area contributed by atoms with E-state index >= 15 is 0 Å². The zero-order chi connectivity index (χ0) is 23.5. The van der Waals surface area contributed by atoms with Crippen LogP contribution in [0, 0.1) is 11.3 Å². The third-order valence-electron chi connectivity index (χ3n) is 6.33. The van der Waals surface area contributed by atoms with Crippen LogP contribution in [-0.4, -0.2) is 40.7 Å². The molecule has 2 aromatic heterocycles. The molecular weight excluding hydrogens is 468 g/mol. The number of rotatable bonds is 8. The molecule has 0 N–H and O–H groups in total. The number of aryl methyl sites for hydroxylation is 1. The van der Waals surface area contributed by atoms with Crippen molar-refractivity contribution in [3.8, 4) is 6.07 Å². The van der Waals surface area contributed by atoms with Crippen molar-refractivity contribution in [3.63, 3.8) is 0 Å². The van der Waals surface area contributed by atoms with Crippen LogP contribution in [0.4, 0.5) is 0 Å². The molecule has 176 valence electrons. The van der Waals surface area contributed by atoms with Crippen molar-refractivity contribution in [2.24, 2.45) is 0 Å². The molecule has 2 aliphatic heterocycles. The van der Waals surface area contributed by atoms with Crippen LogP contribution < -0.4 is 5.56 Å². The first-order valence-electron chi connectivity index (χ1n) is 11.0. The molecule has 0 spiro atoms. The van der Waals surface area contributed by atoms with Gasteiger partial charge >= 0.3 is 0 Å². The Morgan fingerprint density at radius 3 is 2.55 bits per heavy atom. The minimum atomic E-state index is -3.21. The van der Waals surface area contributed by atoms with Crippen LogP contribution in [0.2, 0.25) is 5.15 Å². The lowest BCUT2D eigenvalue weighted by molar-refractivity contribution is -0.0295. The quantitative estimate of drug-likeness (QED) is 0.406. The summed E-state index contributed by atoms with van der Waals surface area (Å²) in [6, 6.07) is 3.82. The lowest BCUT2D eigenvalue weighted by atomic mass is 9.77. The summed E-state index contributed by atoms with van der Waals surface area (Å²) in [5.41, 5.74) is -0.810. The lowest BCUT2D eigenvalue weighted by Crippen LogP contribution is -2.41. The molecule has 0 aliphatic carbocycles. The van der Waals surface area contributed by atoms with Gasteiger partial charge in [-0.2, -0.15) is 5.26 Å². The monoisotopic (exact) mass is 492 g/mol. The second-order valence-corrected chi connectivity index (χ2v) is 11.1. The summed E-state index contributed by atoms with van der Waals surface area (Å²) in [6.07, 6.45) is 8.63. The van der Waals surface area contributed by atoms with Gasteiger partial charge in [-0.25, -0.2) is 18.4 Å². The molecule has 0 radical (unpaired) electrons. The van der Waals surface area contributed by atoms with Crippen LogP contribution in [-0.2, 0) is 31.3 Å². The van der Waals surface area contributed by atoms with Crippen molar-refractivity contribution in [1.29, 1.82) is 5.26 Å². The van der Waals surface area contributed by atoms with Gasteiger partial charge in [-0.3, -0.25) is 9.36 Å². The first-order valence-corrected chi connectivity index (χ1v) is 13.2. The topological polar surface area (TPSA) is 124 Å². The Bertz CT molecular complexity index is 1250. The van der Waals surface area contributed by atoms with E-state index in [0.29, 0.717) is 17.6 Å². The van der Waals surface area contributed by atoms with E-state index in [-0.39, 0.29) is 46.9 Å². The number of halogens is 1. The smallest absolute Gasteiger partial charge is 0.257 e. The zero-order valence-electron chi connectivity index (χ0n) is 18.1. The Labute approximate surface area is 196 Å². The number of sulfone groups is 1. The summed E-state index contributed by atoms with van der Waals surface area (Å²) in [5.74, 6) is -0.248. The highest BCUT2D eigenvalue weighted by Crippen LogP contribution is 2.36. The second-order valence-electron chi connectivity index (χ2n) is 8.44. The molecule has 4 rings (SSSR count). The zero-order valence-corrected chi connectivity index (χ0v) is 19.6. The molecule has 0 atom stereocenters. The SMILES string of the molecule is N#CC1(c2cc3c(Cl)ncnc3n(CCCCCCC3OC=CO3)c2=O)CCS(=O)(=O)CC1. The Kier molecular flexibility index (Phi) is 6.91. The van der Waals surface area contributed by atoms with E-state index in [0.717, 1.165) is 32.1 Å². The summed E-state index contributed by atoms with van der Waals surface area (Å²) in [5, 5.41) is 10.7. The molecule has 9 nitrogen and oxygen atoms in total. The molecular formula is C22H25ClN4O5S. The first kappa shape index (κ1) is 23.5. The third kappa shape index (κ3) is 4.99. The molecule has 0 unspecified atom stereocenters. The maximum absolute atomic E-state index is 13.5. The Hall–Kier alpha value is -2.64. The number of fused-ring (bicyclic) bond motifs is 1. The Morgan fingerprint density at radius 1 is 1.15 bits per heavy atom. The van der Waals surface area contributed by atoms with Crippen molar-refractivity contribution in [3.05, 3.63) is 46.0 Å². The molecule has 11 heteroatoms. The molecule has 33 heavy (non-hydrogen) atoms. The van der Waals surface area contributed by atoms with Gasteiger partial charge < -0.3 is 9.47 Å². The minimum Gasteiger partial charge on any atom is -0.459 e. The van der Waals surface area contributed by atoms with Gasteiger partial charge in [0.1, 0.15) is 39.5 Å². The average Bonchev–Trinajstić information content (AvgIpc) is 3.32. The van der Waals surface area contributed by atoms with Crippen molar-refractivity contribution < 1.29 is 17.9 Å². The van der Waals surface area contributed by atoms with E-state index in [1.54, 1.807) is 10.6 Å². The van der Waals surface area contributed by atoms with Gasteiger partial charge in [-0.05, 0) is 31.7 Å². The lowest BCUT2D eigenvalue weighted by Gasteiger charge is -2.31. The van der Waals surface area contributed by atoms with E-state index < -0.39 is 15.3 Å². The van der Waals surface area contributed by atoms with E-state index in [9.17, 15) is 18.5 Å². The van der Waals surface area contributed by atoms with Crippen molar-refractivity contribution in [2.75, 3.05) is 11.5 Å². The maximum Gasteiger partial charge on any atom is 0.257 e. The van der Waals surface area contributed by atoms with Crippen LogP contribution in [0.15, 0.2) is 29.7 Å². The van der Waals surface area contributed by atoms with Crippen LogP contribution in [0.1, 0.15) is 50.5 Å². The fourth-order valence-corrected chi connectivity index (χ4v) is 6.08. The predicted molar refractivity (Wildman–Crippen MR) is 122 cm³/mol. The van der Waals surface area contributed by atoms with E-state index in [1.165, 1.54) is 18.9 Å². The number of hydrogen-bond donors (Lipinski definition) is 0. The van der Waals surface area contributed by atoms with Crippen LogP contribution >= 0.6 is 11.6 Å². The molecule has 1 saturated heterocycles. The molecule has 0 bridgehead atoms. The number of aromatic nitrogens is 3. The Morgan fingerprint density at radius 2 is 1.85 bits per heavy atom. The third-order valence-corrected chi connectivity index (χ3v) is 8.28. The number of hydrogen-bond acceptors (Lipinski definition) is 8. The summed E-state index contributed by atoms with van der Waals surface area (Å²) in [6.45, 7) is 0.411. The molecule has 4 heterocycles. The fraction of sp³-hybridized carbons (Fsp3) is 0.545. The van der Waals surface area contributed by atoms with Gasteiger partial charge in [0.2, 0.25) is 6.29 Å². The van der Waals surface area contributed by atoms with E-state index in [1.807, 2.05) is 0 Å². The number of unbranched alkanes of at least 4 members (excludes halogenated alkanes) is 3. The normalized spacial score (nSPS) is 19.2. The highest BCUT2D eigenvalue weighted by atomic mass is 35.5. The molecule has 1 fully saturated rings. The van der Waals surface area contributed by atoms with Crippen molar-refractivity contribution in [1.82, 2.24) is 14.5 Å². The van der Waals surface area contributed by atoms with Crippen LogP contribution in [0.3, 0.4) is 0 Å². The van der Waals surface area contributed by atoms with Crippen LogP contribution in [0.25, 0.3) is 11.0 Å². The van der Waals surface area contributed by atoms with E-state index in [4.69, 9.17) is 21.1 Å². The molecule has 2 aromatic rings. The first-order chi connectivity index (χ1) is 15.9. The highest BCUT2D eigenvalue weighted by Gasteiger charge is 2.41. The second kappa shape index (κ2) is 9.69. The molecule has 0 aromatic carbocycles. The van der Waals surface area contributed by atoms with Crippen molar-refractivity contribution >= 4 is 32.5 Å². The fourth-order valence-electron chi connectivity index (χ4n) is 4.37. The standard InChI is InChI=1S/C22H25ClN4O5S/c23-19-16-13-17(22(14-24)6-11-33(29,30)12-7-22)21(28)27(20(16)26-15-25-19)8-4-2-1-3-5-18-31-9-10-32-18/h9-10,13,15,18H,1-8,11-12H2. The van der Waals surface area contributed by atoms with Gasteiger partial charge in [-0.15, -0.1) is 0 Å². The van der Waals surface area contributed by atoms with Crippen molar-refractivity contribution in [2.45, 2.75) is 63.2 Å². The van der Waals surface area contributed by atoms with Gasteiger partial charge in [0, 0.05) is 18.5 Å². The predicted octanol–water partition coefficient (Wildman–Crippen LogP) is 3.21. The Balaban J connectivity index is 1.56. The number of nitrogens with zero attached hydrogens (tertiary/aromatic N) is 4. The number of ether oxygens (including phenoxy) is 2. The van der Waals surface area contributed by atoms with Gasteiger partial charge in [0.25, 0.3) is 5.56 Å². The molecule has 0 saturated carbocycles. The maximum atomic E-state index is 13.5. The number of pyridine rings is 1. The largest absolute Gasteiger partial charge is 0.459 e. The highest BCUT2D eigenvalue weighted by molar-refractivity contribution is 7.91. The summed E-state index contributed by atoms with van der Waals surface area (Å²) in [4.78, 5) is 21.8. The van der Waals surface area contributed by atoms with E-state index in [2.05, 4.69) is 16.0 Å². The van der Waals surface area contributed by atoms with Gasteiger partial charge in [0.05, 0.1) is 28.4 Å². The number of nitriles is 1.